The van der Waals surface area contributed by atoms with E-state index in [0.717, 1.165) is 29.2 Å². The minimum atomic E-state index is -0.233. The lowest BCUT2D eigenvalue weighted by Gasteiger charge is -2.28. The quantitative estimate of drug-likeness (QED) is 0.753. The summed E-state index contributed by atoms with van der Waals surface area (Å²) in [7, 11) is 0. The van der Waals surface area contributed by atoms with Gasteiger partial charge in [-0.05, 0) is 36.9 Å². The maximum Gasteiger partial charge on any atom is 0.147 e. The number of benzene rings is 1. The molecule has 2 atom stereocenters. The van der Waals surface area contributed by atoms with E-state index in [9.17, 15) is 4.79 Å². The van der Waals surface area contributed by atoms with Gasteiger partial charge >= 0.3 is 0 Å². The van der Waals surface area contributed by atoms with Gasteiger partial charge in [-0.2, -0.15) is 0 Å². The molecule has 2 aliphatic rings. The molecule has 1 aliphatic carbocycles. The van der Waals surface area contributed by atoms with Gasteiger partial charge in [0.05, 0.1) is 17.3 Å². The molecule has 1 saturated carbocycles. The van der Waals surface area contributed by atoms with Crippen molar-refractivity contribution < 1.29 is 4.79 Å². The van der Waals surface area contributed by atoms with Crippen LogP contribution >= 0.6 is 11.3 Å². The van der Waals surface area contributed by atoms with Crippen molar-refractivity contribution in [2.75, 3.05) is 0 Å². The van der Waals surface area contributed by atoms with Crippen molar-refractivity contribution >= 4 is 39.9 Å². The highest BCUT2D eigenvalue weighted by molar-refractivity contribution is 7.10. The predicted octanol–water partition coefficient (Wildman–Crippen LogP) is 4.69. The van der Waals surface area contributed by atoms with E-state index in [1.54, 1.807) is 11.3 Å². The Balaban J connectivity index is 1.79. The van der Waals surface area contributed by atoms with Gasteiger partial charge in [0.2, 0.25) is 0 Å². The van der Waals surface area contributed by atoms with Crippen LogP contribution < -0.4 is 0 Å². The molecule has 4 heteroatoms. The number of nitrogens with zero attached hydrogens (tertiary/aromatic N) is 2. The van der Waals surface area contributed by atoms with E-state index in [0.29, 0.717) is 6.42 Å². The van der Waals surface area contributed by atoms with Gasteiger partial charge < -0.3 is 0 Å². The minimum absolute atomic E-state index is 0.233. The summed E-state index contributed by atoms with van der Waals surface area (Å²) in [6.45, 7) is 1.95. The SMILES string of the molecule is CC1=Nc2ccccc2N=C2C[C@H](c3cccs3)CC(=O)[C@H]12. The van der Waals surface area contributed by atoms with Crippen LogP contribution in [-0.4, -0.2) is 17.2 Å². The summed E-state index contributed by atoms with van der Waals surface area (Å²) in [6, 6.07) is 12.0. The lowest BCUT2D eigenvalue weighted by atomic mass is 9.77. The number of fused-ring (bicyclic) bond motifs is 2. The Morgan fingerprint density at radius 3 is 2.55 bits per heavy atom. The van der Waals surface area contributed by atoms with Gasteiger partial charge in [-0.3, -0.25) is 14.8 Å². The molecule has 1 aromatic carbocycles. The maximum atomic E-state index is 12.7. The molecule has 1 aliphatic heterocycles. The van der Waals surface area contributed by atoms with Crippen molar-refractivity contribution in [1.29, 1.82) is 0 Å². The number of hydrogen-bond acceptors (Lipinski definition) is 4. The third kappa shape index (κ3) is 2.24. The lowest BCUT2D eigenvalue weighted by Crippen LogP contribution is -2.36. The van der Waals surface area contributed by atoms with Crippen LogP contribution in [0.3, 0.4) is 0 Å². The van der Waals surface area contributed by atoms with Crippen LogP contribution in [0.5, 0.6) is 0 Å². The zero-order valence-electron chi connectivity index (χ0n) is 12.3. The molecule has 4 rings (SSSR count). The van der Waals surface area contributed by atoms with Crippen molar-refractivity contribution in [3.8, 4) is 0 Å². The number of hydrogen-bond donors (Lipinski definition) is 0. The molecule has 3 nitrogen and oxygen atoms in total. The Hall–Kier alpha value is -2.07. The van der Waals surface area contributed by atoms with E-state index >= 15 is 0 Å². The second-order valence-corrected chi connectivity index (χ2v) is 6.84. The molecule has 0 radical (unpaired) electrons. The highest BCUT2D eigenvalue weighted by Gasteiger charge is 2.37. The van der Waals surface area contributed by atoms with Crippen LogP contribution in [0.2, 0.25) is 0 Å². The second kappa shape index (κ2) is 5.29. The number of rotatable bonds is 1. The van der Waals surface area contributed by atoms with Crippen LogP contribution in [-0.2, 0) is 4.79 Å². The first-order chi connectivity index (χ1) is 10.7. The predicted molar refractivity (Wildman–Crippen MR) is 91.1 cm³/mol. The molecule has 0 unspecified atom stereocenters. The van der Waals surface area contributed by atoms with Crippen molar-refractivity contribution in [1.82, 2.24) is 0 Å². The topological polar surface area (TPSA) is 41.8 Å². The average molecular weight is 308 g/mol. The number of aliphatic imine (C=N–C) groups is 2. The normalized spacial score (nSPS) is 24.0. The zero-order valence-corrected chi connectivity index (χ0v) is 13.1. The van der Waals surface area contributed by atoms with E-state index in [-0.39, 0.29) is 17.6 Å². The average Bonchev–Trinajstić information content (AvgIpc) is 2.98. The highest BCUT2D eigenvalue weighted by atomic mass is 32.1. The first kappa shape index (κ1) is 13.6. The first-order valence-corrected chi connectivity index (χ1v) is 8.38. The van der Waals surface area contributed by atoms with Crippen LogP contribution in [0.1, 0.15) is 30.6 Å². The molecule has 0 spiro atoms. The van der Waals surface area contributed by atoms with Crippen molar-refractivity contribution in [3.05, 3.63) is 46.7 Å². The van der Waals surface area contributed by atoms with Gasteiger partial charge in [-0.1, -0.05) is 18.2 Å². The van der Waals surface area contributed by atoms with Crippen LogP contribution in [0.25, 0.3) is 0 Å². The number of carbonyl (C=O) groups excluding carboxylic acids is 1. The largest absolute Gasteiger partial charge is 0.299 e. The maximum absolute atomic E-state index is 12.7. The summed E-state index contributed by atoms with van der Waals surface area (Å²) >= 11 is 1.73. The van der Waals surface area contributed by atoms with E-state index in [4.69, 9.17) is 4.99 Å². The molecule has 2 heterocycles. The monoisotopic (exact) mass is 308 g/mol. The van der Waals surface area contributed by atoms with Crippen molar-refractivity contribution in [2.24, 2.45) is 15.9 Å². The Kier molecular flexibility index (Phi) is 3.26. The van der Waals surface area contributed by atoms with Gasteiger partial charge in [0.15, 0.2) is 0 Å². The Morgan fingerprint density at radius 1 is 1.05 bits per heavy atom. The fraction of sp³-hybridized carbons (Fsp3) is 0.278. The van der Waals surface area contributed by atoms with E-state index in [2.05, 4.69) is 16.4 Å². The van der Waals surface area contributed by atoms with Crippen LogP contribution in [0.15, 0.2) is 51.8 Å². The lowest BCUT2D eigenvalue weighted by molar-refractivity contribution is -0.120. The summed E-state index contributed by atoms with van der Waals surface area (Å²) in [5.41, 5.74) is 3.58. The van der Waals surface area contributed by atoms with Crippen LogP contribution in [0, 0.1) is 5.92 Å². The number of ketones is 1. The number of Topliss-reactive ketones (excluding diaryl/α,β-unsaturated/α-hetero) is 1. The smallest absolute Gasteiger partial charge is 0.147 e. The third-order valence-electron chi connectivity index (χ3n) is 4.36. The first-order valence-electron chi connectivity index (χ1n) is 7.50. The van der Waals surface area contributed by atoms with Crippen LogP contribution in [0.4, 0.5) is 11.4 Å². The molecule has 0 bridgehead atoms. The Morgan fingerprint density at radius 2 is 1.82 bits per heavy atom. The molecule has 1 fully saturated rings. The van der Waals surface area contributed by atoms with E-state index in [1.165, 1.54) is 4.88 Å². The summed E-state index contributed by atoms with van der Waals surface area (Å²) in [5.74, 6) is 0.279. The summed E-state index contributed by atoms with van der Waals surface area (Å²) in [6.07, 6.45) is 1.44. The number of para-hydroxylation sites is 2. The Labute approximate surface area is 133 Å². The summed E-state index contributed by atoms with van der Waals surface area (Å²) < 4.78 is 0. The van der Waals surface area contributed by atoms with Gasteiger partial charge in [-0.25, -0.2) is 0 Å². The summed E-state index contributed by atoms with van der Waals surface area (Å²) in [5, 5.41) is 2.07. The molecular formula is C18H16N2OS. The molecule has 0 N–H and O–H groups in total. The Bertz CT molecular complexity index is 789. The molecule has 0 saturated heterocycles. The highest BCUT2D eigenvalue weighted by Crippen LogP contribution is 2.39. The fourth-order valence-electron chi connectivity index (χ4n) is 3.36. The fourth-order valence-corrected chi connectivity index (χ4v) is 4.19. The van der Waals surface area contributed by atoms with E-state index < -0.39 is 0 Å². The molecule has 2 aromatic rings. The molecular weight excluding hydrogens is 292 g/mol. The molecule has 0 amide bonds. The third-order valence-corrected chi connectivity index (χ3v) is 5.40. The standard InChI is InChI=1S/C18H16N2OS/c1-11-18-15(20-14-6-3-2-5-13(14)19-11)9-12(10-16(18)21)17-7-4-8-22-17/h2-8,12,18H,9-10H2,1H3/t12-,18+/m0/s1. The van der Waals surface area contributed by atoms with Gasteiger partial charge in [0.25, 0.3) is 0 Å². The van der Waals surface area contributed by atoms with Gasteiger partial charge in [-0.15, -0.1) is 11.3 Å². The summed E-state index contributed by atoms with van der Waals surface area (Å²) in [4.78, 5) is 23.4. The van der Waals surface area contributed by atoms with Gasteiger partial charge in [0, 0.05) is 28.6 Å². The molecule has 1 aromatic heterocycles. The van der Waals surface area contributed by atoms with E-state index in [1.807, 2.05) is 37.3 Å². The number of thiophene rings is 1. The zero-order chi connectivity index (χ0) is 15.1. The van der Waals surface area contributed by atoms with Crippen molar-refractivity contribution in [3.63, 3.8) is 0 Å². The molecule has 110 valence electrons. The molecule has 22 heavy (non-hydrogen) atoms. The van der Waals surface area contributed by atoms with Crippen molar-refractivity contribution in [2.45, 2.75) is 25.7 Å². The minimum Gasteiger partial charge on any atom is -0.299 e. The number of carbonyl (C=O) groups is 1. The second-order valence-electron chi connectivity index (χ2n) is 5.86. The van der Waals surface area contributed by atoms with Gasteiger partial charge in [0.1, 0.15) is 5.78 Å².